The molecule has 0 spiro atoms. The fourth-order valence-corrected chi connectivity index (χ4v) is 3.67. The van der Waals surface area contributed by atoms with Crippen LogP contribution in [0.5, 0.6) is 0 Å². The average Bonchev–Trinajstić information content (AvgIpc) is 3.39. The number of rotatable bonds is 6. The zero-order valence-electron chi connectivity index (χ0n) is 13.5. The number of nitrogens with one attached hydrogen (secondary N) is 2. The third-order valence-electron chi connectivity index (χ3n) is 3.93. The first kappa shape index (κ1) is 16.7. The minimum atomic E-state index is -3.56. The molecule has 24 heavy (non-hydrogen) atoms. The number of carbonyl (C=O) groups excluding carboxylic acids is 1. The highest BCUT2D eigenvalue weighted by Gasteiger charge is 2.28. The summed E-state index contributed by atoms with van der Waals surface area (Å²) in [5.74, 6) is -0.331. The van der Waals surface area contributed by atoms with E-state index >= 15 is 0 Å². The number of anilines is 1. The van der Waals surface area contributed by atoms with E-state index < -0.39 is 10.0 Å². The van der Waals surface area contributed by atoms with E-state index in [1.165, 1.54) is 17.7 Å². The molecule has 2 aromatic rings. The molecule has 2 aromatic carbocycles. The lowest BCUT2D eigenvalue weighted by molar-refractivity contribution is 0.102. The molecular formula is C18H20N2O3S. The molecule has 1 fully saturated rings. The van der Waals surface area contributed by atoms with E-state index in [-0.39, 0.29) is 16.8 Å². The van der Waals surface area contributed by atoms with Gasteiger partial charge in [0.2, 0.25) is 10.0 Å². The third-order valence-corrected chi connectivity index (χ3v) is 5.44. The van der Waals surface area contributed by atoms with Gasteiger partial charge in [0.1, 0.15) is 0 Å². The van der Waals surface area contributed by atoms with Gasteiger partial charge in [-0.2, -0.15) is 0 Å². The monoisotopic (exact) mass is 344 g/mol. The maximum Gasteiger partial charge on any atom is 0.255 e. The molecule has 1 amide bonds. The van der Waals surface area contributed by atoms with Crippen LogP contribution in [0.1, 0.15) is 35.7 Å². The lowest BCUT2D eigenvalue weighted by Crippen LogP contribution is -2.26. The van der Waals surface area contributed by atoms with Gasteiger partial charge >= 0.3 is 0 Å². The van der Waals surface area contributed by atoms with Crippen molar-refractivity contribution >= 4 is 21.6 Å². The molecule has 2 N–H and O–H groups in total. The zero-order chi connectivity index (χ0) is 17.2. The second kappa shape index (κ2) is 6.75. The number of amides is 1. The van der Waals surface area contributed by atoms with Gasteiger partial charge in [0.15, 0.2) is 0 Å². The van der Waals surface area contributed by atoms with Crippen LogP contribution in [-0.4, -0.2) is 20.4 Å². The predicted octanol–water partition coefficient (Wildman–Crippen LogP) is 2.94. The van der Waals surface area contributed by atoms with Gasteiger partial charge in [0.05, 0.1) is 4.90 Å². The molecule has 0 radical (unpaired) electrons. The van der Waals surface area contributed by atoms with Crippen molar-refractivity contribution in [3.05, 3.63) is 59.7 Å². The quantitative estimate of drug-likeness (QED) is 0.846. The standard InChI is InChI=1S/C18H20N2O3S/c1-2-13-6-8-15(9-7-13)19-18(21)14-4-3-5-17(12-14)24(22,23)20-16-10-11-16/h3-9,12,16,20H,2,10-11H2,1H3,(H,19,21). The lowest BCUT2D eigenvalue weighted by Gasteiger charge is -2.09. The Hall–Kier alpha value is -2.18. The van der Waals surface area contributed by atoms with Crippen molar-refractivity contribution < 1.29 is 13.2 Å². The van der Waals surface area contributed by atoms with E-state index in [2.05, 4.69) is 17.0 Å². The van der Waals surface area contributed by atoms with Crippen molar-refractivity contribution in [2.45, 2.75) is 37.1 Å². The van der Waals surface area contributed by atoms with Gasteiger partial charge in [0, 0.05) is 17.3 Å². The molecule has 0 heterocycles. The van der Waals surface area contributed by atoms with Gasteiger partial charge < -0.3 is 5.32 Å². The Kier molecular flexibility index (Phi) is 4.69. The van der Waals surface area contributed by atoms with Crippen LogP contribution in [0.2, 0.25) is 0 Å². The Morgan fingerprint density at radius 3 is 2.46 bits per heavy atom. The second-order valence-corrected chi connectivity index (χ2v) is 7.64. The number of hydrogen-bond acceptors (Lipinski definition) is 3. The van der Waals surface area contributed by atoms with E-state index in [1.54, 1.807) is 12.1 Å². The molecule has 1 aliphatic carbocycles. The van der Waals surface area contributed by atoms with Gasteiger partial charge in [-0.25, -0.2) is 13.1 Å². The predicted molar refractivity (Wildman–Crippen MR) is 93.6 cm³/mol. The molecule has 0 saturated heterocycles. The van der Waals surface area contributed by atoms with Crippen LogP contribution >= 0.6 is 0 Å². The van der Waals surface area contributed by atoms with E-state index in [1.807, 2.05) is 24.3 Å². The van der Waals surface area contributed by atoms with Crippen LogP contribution in [0.15, 0.2) is 53.4 Å². The largest absolute Gasteiger partial charge is 0.322 e. The highest BCUT2D eigenvalue weighted by molar-refractivity contribution is 7.89. The SMILES string of the molecule is CCc1ccc(NC(=O)c2cccc(S(=O)(=O)NC3CC3)c2)cc1. The lowest BCUT2D eigenvalue weighted by atomic mass is 10.1. The normalized spacial score (nSPS) is 14.4. The van der Waals surface area contributed by atoms with Crippen molar-refractivity contribution in [2.24, 2.45) is 0 Å². The molecule has 0 atom stereocenters. The van der Waals surface area contributed by atoms with Crippen LogP contribution in [-0.2, 0) is 16.4 Å². The van der Waals surface area contributed by atoms with Crippen LogP contribution in [0.4, 0.5) is 5.69 Å². The Bertz CT molecular complexity index is 841. The number of aryl methyl sites for hydroxylation is 1. The van der Waals surface area contributed by atoms with Gasteiger partial charge in [-0.1, -0.05) is 25.1 Å². The molecule has 0 unspecified atom stereocenters. The molecule has 0 aliphatic heterocycles. The Morgan fingerprint density at radius 1 is 1.12 bits per heavy atom. The first-order valence-electron chi connectivity index (χ1n) is 8.00. The highest BCUT2D eigenvalue weighted by Crippen LogP contribution is 2.22. The van der Waals surface area contributed by atoms with Gasteiger partial charge in [-0.05, 0) is 55.2 Å². The maximum atomic E-state index is 12.4. The average molecular weight is 344 g/mol. The molecule has 3 rings (SSSR count). The van der Waals surface area contributed by atoms with E-state index in [9.17, 15) is 13.2 Å². The molecule has 0 aromatic heterocycles. The third kappa shape index (κ3) is 4.01. The molecule has 126 valence electrons. The fraction of sp³-hybridized carbons (Fsp3) is 0.278. The molecular weight excluding hydrogens is 324 g/mol. The van der Waals surface area contributed by atoms with Crippen molar-refractivity contribution in [2.75, 3.05) is 5.32 Å². The van der Waals surface area contributed by atoms with Crippen molar-refractivity contribution in [1.82, 2.24) is 4.72 Å². The zero-order valence-corrected chi connectivity index (χ0v) is 14.3. The summed E-state index contributed by atoms with van der Waals surface area (Å²) in [7, 11) is -3.56. The second-order valence-electron chi connectivity index (χ2n) is 5.93. The Labute approximate surface area is 142 Å². The number of sulfonamides is 1. The Morgan fingerprint density at radius 2 is 1.83 bits per heavy atom. The van der Waals surface area contributed by atoms with Gasteiger partial charge in [-0.3, -0.25) is 4.79 Å². The van der Waals surface area contributed by atoms with E-state index in [0.29, 0.717) is 11.3 Å². The number of benzene rings is 2. The topological polar surface area (TPSA) is 75.3 Å². The summed E-state index contributed by atoms with van der Waals surface area (Å²) in [6.45, 7) is 2.06. The van der Waals surface area contributed by atoms with E-state index in [0.717, 1.165) is 19.3 Å². The smallest absolute Gasteiger partial charge is 0.255 e. The van der Waals surface area contributed by atoms with Crippen molar-refractivity contribution in [3.63, 3.8) is 0 Å². The van der Waals surface area contributed by atoms with Gasteiger partial charge in [0.25, 0.3) is 5.91 Å². The van der Waals surface area contributed by atoms with Crippen LogP contribution in [0.25, 0.3) is 0 Å². The summed E-state index contributed by atoms with van der Waals surface area (Å²) >= 11 is 0. The highest BCUT2D eigenvalue weighted by atomic mass is 32.2. The molecule has 5 nitrogen and oxygen atoms in total. The summed E-state index contributed by atoms with van der Waals surface area (Å²) in [5.41, 5.74) is 2.18. The minimum Gasteiger partial charge on any atom is -0.322 e. The Balaban J connectivity index is 1.76. The van der Waals surface area contributed by atoms with Gasteiger partial charge in [-0.15, -0.1) is 0 Å². The fourth-order valence-electron chi connectivity index (χ4n) is 2.32. The first-order valence-corrected chi connectivity index (χ1v) is 9.49. The van der Waals surface area contributed by atoms with Crippen LogP contribution in [0.3, 0.4) is 0 Å². The summed E-state index contributed by atoms with van der Waals surface area (Å²) in [4.78, 5) is 12.5. The first-order chi connectivity index (χ1) is 11.5. The van der Waals surface area contributed by atoms with Crippen molar-refractivity contribution in [3.8, 4) is 0 Å². The maximum absolute atomic E-state index is 12.4. The van der Waals surface area contributed by atoms with Crippen molar-refractivity contribution in [1.29, 1.82) is 0 Å². The minimum absolute atomic E-state index is 0.0320. The van der Waals surface area contributed by atoms with Crippen LogP contribution < -0.4 is 10.0 Å². The number of hydrogen-bond donors (Lipinski definition) is 2. The molecule has 1 aliphatic rings. The molecule has 1 saturated carbocycles. The molecule has 6 heteroatoms. The summed E-state index contributed by atoms with van der Waals surface area (Å²) in [5, 5.41) is 2.79. The van der Waals surface area contributed by atoms with E-state index in [4.69, 9.17) is 0 Å². The molecule has 0 bridgehead atoms. The summed E-state index contributed by atoms with van der Waals surface area (Å²) in [6.07, 6.45) is 2.67. The summed E-state index contributed by atoms with van der Waals surface area (Å²) < 4.78 is 27.1. The number of carbonyl (C=O) groups is 1. The van der Waals surface area contributed by atoms with Crippen LogP contribution in [0, 0.1) is 0 Å². The summed E-state index contributed by atoms with van der Waals surface area (Å²) in [6, 6.07) is 13.7.